The van der Waals surface area contributed by atoms with Crippen LogP contribution in [0.25, 0.3) is 10.4 Å². The van der Waals surface area contributed by atoms with Gasteiger partial charge in [0.2, 0.25) is 15.9 Å². The molecular formula is C20H23FN2O5S2. The number of piperidine rings is 1. The second kappa shape index (κ2) is 9.23. The van der Waals surface area contributed by atoms with Crippen LogP contribution in [-0.2, 0) is 19.6 Å². The highest BCUT2D eigenvalue weighted by atomic mass is 32.2. The molecule has 1 fully saturated rings. The molecule has 1 aliphatic heterocycles. The number of nitrogens with zero attached hydrogens (tertiary/aromatic N) is 1. The maximum Gasteiger partial charge on any atom is 0.350 e. The van der Waals surface area contributed by atoms with E-state index in [2.05, 4.69) is 5.32 Å². The SMILES string of the molecule is CCOC(=O)c1sc(-c2ccc(F)cc2)cc1NC(=O)C1CCN(S(C)(=O)=O)CC1. The van der Waals surface area contributed by atoms with Crippen LogP contribution < -0.4 is 5.32 Å². The molecule has 30 heavy (non-hydrogen) atoms. The number of hydrogen-bond donors (Lipinski definition) is 1. The first-order valence-corrected chi connectivity index (χ1v) is 12.2. The summed E-state index contributed by atoms with van der Waals surface area (Å²) in [6.07, 6.45) is 1.96. The van der Waals surface area contributed by atoms with Crippen LogP contribution in [-0.4, -0.2) is 50.6 Å². The van der Waals surface area contributed by atoms with E-state index in [1.54, 1.807) is 25.1 Å². The summed E-state index contributed by atoms with van der Waals surface area (Å²) >= 11 is 1.16. The highest BCUT2D eigenvalue weighted by molar-refractivity contribution is 7.88. The van der Waals surface area contributed by atoms with Crippen molar-refractivity contribution in [3.05, 3.63) is 41.0 Å². The third-order valence-corrected chi connectivity index (χ3v) is 7.34. The van der Waals surface area contributed by atoms with E-state index in [9.17, 15) is 22.4 Å². The molecule has 0 spiro atoms. The van der Waals surface area contributed by atoms with Crippen LogP contribution in [0.1, 0.15) is 29.4 Å². The molecule has 3 rings (SSSR count). The quantitative estimate of drug-likeness (QED) is 0.676. The summed E-state index contributed by atoms with van der Waals surface area (Å²) in [5.74, 6) is -1.53. The van der Waals surface area contributed by atoms with E-state index in [1.807, 2.05) is 0 Å². The number of benzene rings is 1. The Morgan fingerprint density at radius 2 is 1.87 bits per heavy atom. The fourth-order valence-electron chi connectivity index (χ4n) is 3.27. The zero-order valence-corrected chi connectivity index (χ0v) is 18.3. The fourth-order valence-corrected chi connectivity index (χ4v) is 5.16. The number of rotatable bonds is 6. The van der Waals surface area contributed by atoms with E-state index < -0.39 is 16.0 Å². The molecule has 1 aromatic carbocycles. The molecule has 1 saturated heterocycles. The molecule has 2 heterocycles. The molecule has 7 nitrogen and oxygen atoms in total. The second-order valence-electron chi connectivity index (χ2n) is 7.01. The van der Waals surface area contributed by atoms with Crippen molar-refractivity contribution in [1.82, 2.24) is 4.31 Å². The van der Waals surface area contributed by atoms with E-state index in [-0.39, 0.29) is 42.2 Å². The minimum atomic E-state index is -3.27. The standard InChI is InChI=1S/C20H23FN2O5S2/c1-3-28-20(25)18-16(12-17(29-18)13-4-6-15(21)7-5-13)22-19(24)14-8-10-23(11-9-14)30(2,26)27/h4-7,12,14H,3,8-11H2,1-2H3,(H,22,24). The number of amides is 1. The molecule has 1 amide bonds. The molecule has 0 unspecified atom stereocenters. The Labute approximate surface area is 178 Å². The molecule has 0 atom stereocenters. The molecule has 0 saturated carbocycles. The van der Waals surface area contributed by atoms with Gasteiger partial charge in [-0.05, 0) is 43.5 Å². The van der Waals surface area contributed by atoms with Crippen LogP contribution in [0.4, 0.5) is 10.1 Å². The van der Waals surface area contributed by atoms with E-state index in [0.29, 0.717) is 29.0 Å². The highest BCUT2D eigenvalue weighted by Gasteiger charge is 2.30. The normalized spacial score (nSPS) is 15.7. The van der Waals surface area contributed by atoms with Gasteiger partial charge in [0.05, 0.1) is 18.6 Å². The van der Waals surface area contributed by atoms with E-state index in [0.717, 1.165) is 17.6 Å². The Bertz CT molecular complexity index is 1030. The molecule has 162 valence electrons. The molecule has 0 bridgehead atoms. The third kappa shape index (κ3) is 5.24. The lowest BCUT2D eigenvalue weighted by Gasteiger charge is -2.29. The number of esters is 1. The van der Waals surface area contributed by atoms with Gasteiger partial charge >= 0.3 is 5.97 Å². The molecule has 1 aliphatic rings. The van der Waals surface area contributed by atoms with Gasteiger partial charge in [0.1, 0.15) is 10.7 Å². The van der Waals surface area contributed by atoms with Crippen LogP contribution in [0.3, 0.4) is 0 Å². The predicted molar refractivity (Wildman–Crippen MR) is 113 cm³/mol. The number of carbonyl (C=O) groups is 2. The first kappa shape index (κ1) is 22.4. The summed E-state index contributed by atoms with van der Waals surface area (Å²) in [4.78, 5) is 26.1. The van der Waals surface area contributed by atoms with Crippen LogP contribution >= 0.6 is 11.3 Å². The van der Waals surface area contributed by atoms with Gasteiger partial charge in [-0.1, -0.05) is 12.1 Å². The fraction of sp³-hybridized carbons (Fsp3) is 0.400. The molecular weight excluding hydrogens is 431 g/mol. The number of anilines is 1. The van der Waals surface area contributed by atoms with Gasteiger partial charge in [-0.15, -0.1) is 11.3 Å². The van der Waals surface area contributed by atoms with Crippen molar-refractivity contribution in [1.29, 1.82) is 0 Å². The Kier molecular flexibility index (Phi) is 6.89. The van der Waals surface area contributed by atoms with Crippen molar-refractivity contribution < 1.29 is 27.1 Å². The zero-order valence-electron chi connectivity index (χ0n) is 16.7. The van der Waals surface area contributed by atoms with Crippen molar-refractivity contribution in [3.63, 3.8) is 0 Å². The van der Waals surface area contributed by atoms with E-state index >= 15 is 0 Å². The van der Waals surface area contributed by atoms with Crippen LogP contribution in [0, 0.1) is 11.7 Å². The lowest BCUT2D eigenvalue weighted by molar-refractivity contribution is -0.120. The average Bonchev–Trinajstić information content (AvgIpc) is 3.12. The van der Waals surface area contributed by atoms with Gasteiger partial charge in [0.25, 0.3) is 0 Å². The minimum Gasteiger partial charge on any atom is -0.462 e. The zero-order chi connectivity index (χ0) is 21.9. The average molecular weight is 455 g/mol. The predicted octanol–water partition coefficient (Wildman–Crippen LogP) is 3.34. The summed E-state index contributed by atoms with van der Waals surface area (Å²) in [5, 5.41) is 2.80. The number of hydrogen-bond acceptors (Lipinski definition) is 6. The van der Waals surface area contributed by atoms with Crippen molar-refractivity contribution in [2.24, 2.45) is 5.92 Å². The first-order chi connectivity index (χ1) is 14.2. The Balaban J connectivity index is 1.79. The number of ether oxygens (including phenoxy) is 1. The Morgan fingerprint density at radius 3 is 2.43 bits per heavy atom. The first-order valence-electron chi connectivity index (χ1n) is 9.52. The summed E-state index contributed by atoms with van der Waals surface area (Å²) in [6, 6.07) is 7.53. The second-order valence-corrected chi connectivity index (χ2v) is 10.0. The Morgan fingerprint density at radius 1 is 1.23 bits per heavy atom. The number of halogens is 1. The van der Waals surface area contributed by atoms with Crippen molar-refractivity contribution in [2.45, 2.75) is 19.8 Å². The van der Waals surface area contributed by atoms with Crippen molar-refractivity contribution in [2.75, 3.05) is 31.3 Å². The maximum absolute atomic E-state index is 13.2. The van der Waals surface area contributed by atoms with Crippen molar-refractivity contribution in [3.8, 4) is 10.4 Å². The van der Waals surface area contributed by atoms with Crippen LogP contribution in [0.2, 0.25) is 0 Å². The minimum absolute atomic E-state index is 0.194. The molecule has 10 heteroatoms. The number of sulfonamides is 1. The number of thiophene rings is 1. The molecule has 0 aliphatic carbocycles. The van der Waals surface area contributed by atoms with E-state index in [4.69, 9.17) is 4.74 Å². The summed E-state index contributed by atoms with van der Waals surface area (Å²) in [7, 11) is -3.27. The molecule has 0 radical (unpaired) electrons. The number of carbonyl (C=O) groups excluding carboxylic acids is 2. The lowest BCUT2D eigenvalue weighted by atomic mass is 9.97. The number of nitrogens with one attached hydrogen (secondary N) is 1. The van der Waals surface area contributed by atoms with E-state index in [1.165, 1.54) is 16.4 Å². The topological polar surface area (TPSA) is 92.8 Å². The highest BCUT2D eigenvalue weighted by Crippen LogP contribution is 2.36. The van der Waals surface area contributed by atoms with Gasteiger partial charge in [0, 0.05) is 23.9 Å². The summed E-state index contributed by atoms with van der Waals surface area (Å²) in [6.45, 7) is 2.46. The van der Waals surface area contributed by atoms with Gasteiger partial charge < -0.3 is 10.1 Å². The van der Waals surface area contributed by atoms with Crippen LogP contribution in [0.5, 0.6) is 0 Å². The Hall–Kier alpha value is -2.30. The van der Waals surface area contributed by atoms with Gasteiger partial charge in [-0.25, -0.2) is 21.9 Å². The van der Waals surface area contributed by atoms with Crippen molar-refractivity contribution >= 4 is 38.9 Å². The molecule has 2 aromatic rings. The van der Waals surface area contributed by atoms with Gasteiger partial charge in [-0.3, -0.25) is 4.79 Å². The largest absolute Gasteiger partial charge is 0.462 e. The molecule has 1 aromatic heterocycles. The molecule has 1 N–H and O–H groups in total. The third-order valence-electron chi connectivity index (χ3n) is 4.87. The van der Waals surface area contributed by atoms with Gasteiger partial charge in [-0.2, -0.15) is 0 Å². The van der Waals surface area contributed by atoms with Gasteiger partial charge in [0.15, 0.2) is 0 Å². The van der Waals surface area contributed by atoms with Crippen LogP contribution in [0.15, 0.2) is 30.3 Å². The smallest absolute Gasteiger partial charge is 0.350 e. The summed E-state index contributed by atoms with van der Waals surface area (Å²) in [5.41, 5.74) is 1.06. The lowest BCUT2D eigenvalue weighted by Crippen LogP contribution is -2.40. The summed E-state index contributed by atoms with van der Waals surface area (Å²) < 4.78 is 43.0. The monoisotopic (exact) mass is 454 g/mol. The maximum atomic E-state index is 13.2.